The van der Waals surface area contributed by atoms with Gasteiger partial charge >= 0.3 is 5.97 Å². The normalized spacial score (nSPS) is 20.5. The Morgan fingerprint density at radius 1 is 1.36 bits per heavy atom. The number of rotatable bonds is 1. The molecule has 1 aliphatic rings. The lowest BCUT2D eigenvalue weighted by Gasteiger charge is -2.24. The molecule has 1 aliphatic heterocycles. The number of hydroxylamine groups is 3. The van der Waals surface area contributed by atoms with Crippen LogP contribution >= 0.6 is 0 Å². The lowest BCUT2D eigenvalue weighted by atomic mass is 10.4. The highest BCUT2D eigenvalue weighted by Crippen LogP contribution is 2.16. The first-order chi connectivity index (χ1) is 4.62. The molecule has 1 rings (SSSR count). The molecule has 1 fully saturated rings. The van der Waals surface area contributed by atoms with Crippen molar-refractivity contribution in [2.75, 3.05) is 20.1 Å². The molecule has 0 bridgehead atoms. The summed E-state index contributed by atoms with van der Waals surface area (Å²) in [5.74, 6) is -0.176. The molecular weight excluding hydrogens is 210 g/mol. The van der Waals surface area contributed by atoms with Crippen molar-refractivity contribution in [3.05, 3.63) is 0 Å². The minimum absolute atomic E-state index is 0. The third-order valence-electron chi connectivity index (χ3n) is 1.86. The topological polar surface area (TPSA) is 26.3 Å². The fourth-order valence-electron chi connectivity index (χ4n) is 1.41. The summed E-state index contributed by atoms with van der Waals surface area (Å²) in [5, 5.41) is 0. The first-order valence-corrected chi connectivity index (χ1v) is 3.67. The molecule has 0 amide bonds. The van der Waals surface area contributed by atoms with Gasteiger partial charge in [-0.05, 0) is 0 Å². The fourth-order valence-corrected chi connectivity index (χ4v) is 1.41. The van der Waals surface area contributed by atoms with E-state index in [-0.39, 0.29) is 23.0 Å². The van der Waals surface area contributed by atoms with Crippen molar-refractivity contribution in [2.45, 2.75) is 19.8 Å². The third-order valence-corrected chi connectivity index (χ3v) is 1.86. The number of hydrogen-bond acceptors (Lipinski definition) is 2. The first kappa shape index (κ1) is 10.9. The van der Waals surface area contributed by atoms with E-state index in [0.717, 1.165) is 13.1 Å². The van der Waals surface area contributed by atoms with Crippen LogP contribution in [0.15, 0.2) is 0 Å². The number of quaternary nitrogens is 1. The summed E-state index contributed by atoms with van der Waals surface area (Å²) in [7, 11) is 1.95. The Kier molecular flexibility index (Phi) is 4.03. The maximum atomic E-state index is 10.6. The SMILES string of the molecule is CC(=O)O[N+]1(C)CCCC1.[Br-]. The summed E-state index contributed by atoms with van der Waals surface area (Å²) >= 11 is 0. The quantitative estimate of drug-likeness (QED) is 0.469. The van der Waals surface area contributed by atoms with E-state index in [1.165, 1.54) is 19.8 Å². The van der Waals surface area contributed by atoms with Gasteiger partial charge in [-0.2, -0.15) is 0 Å². The summed E-state index contributed by atoms with van der Waals surface area (Å²) in [6.07, 6.45) is 2.34. The Bertz CT molecular complexity index is 143. The molecule has 0 radical (unpaired) electrons. The summed E-state index contributed by atoms with van der Waals surface area (Å²) in [4.78, 5) is 15.7. The molecule has 3 nitrogen and oxygen atoms in total. The lowest BCUT2D eigenvalue weighted by molar-refractivity contribution is -1.07. The second kappa shape index (κ2) is 4.07. The zero-order chi connectivity index (χ0) is 7.61. The van der Waals surface area contributed by atoms with E-state index in [1.54, 1.807) is 0 Å². The molecule has 0 aliphatic carbocycles. The molecule has 0 aromatic heterocycles. The number of carbonyl (C=O) groups excluding carboxylic acids is 1. The van der Waals surface area contributed by atoms with Gasteiger partial charge < -0.3 is 17.0 Å². The lowest BCUT2D eigenvalue weighted by Crippen LogP contribution is -3.00. The van der Waals surface area contributed by atoms with Crippen molar-refractivity contribution in [3.8, 4) is 0 Å². The largest absolute Gasteiger partial charge is 1.00 e. The predicted octanol–water partition coefficient (Wildman–Crippen LogP) is -2.29. The minimum Gasteiger partial charge on any atom is -1.00 e. The van der Waals surface area contributed by atoms with Crippen LogP contribution in [-0.2, 0) is 9.63 Å². The number of nitrogens with zero attached hydrogens (tertiary/aromatic N) is 1. The monoisotopic (exact) mass is 223 g/mol. The maximum Gasteiger partial charge on any atom is 0.363 e. The third kappa shape index (κ3) is 3.20. The zero-order valence-corrected chi connectivity index (χ0v) is 8.56. The number of hydrogen-bond donors (Lipinski definition) is 0. The van der Waals surface area contributed by atoms with E-state index in [9.17, 15) is 4.79 Å². The van der Waals surface area contributed by atoms with E-state index in [4.69, 9.17) is 4.84 Å². The van der Waals surface area contributed by atoms with Gasteiger partial charge in [-0.15, -0.1) is 4.65 Å². The highest BCUT2D eigenvalue weighted by Gasteiger charge is 2.30. The van der Waals surface area contributed by atoms with Crippen molar-refractivity contribution in [2.24, 2.45) is 0 Å². The van der Waals surface area contributed by atoms with Crippen LogP contribution in [0.4, 0.5) is 0 Å². The van der Waals surface area contributed by atoms with Gasteiger partial charge in [0.25, 0.3) is 0 Å². The Labute approximate surface area is 77.6 Å². The summed E-state index contributed by atoms with van der Waals surface area (Å²) < 4.78 is 0.481. The van der Waals surface area contributed by atoms with Gasteiger partial charge in [-0.3, -0.25) is 4.84 Å². The molecule has 0 saturated carbocycles. The Hall–Kier alpha value is -0.0900. The Morgan fingerprint density at radius 2 is 1.82 bits per heavy atom. The molecule has 4 heteroatoms. The smallest absolute Gasteiger partial charge is 0.363 e. The van der Waals surface area contributed by atoms with Gasteiger partial charge in [-0.25, -0.2) is 4.79 Å². The van der Waals surface area contributed by atoms with Crippen LogP contribution < -0.4 is 17.0 Å². The number of likely N-dealkylation sites (tertiary alicyclic amines) is 1. The number of halogens is 1. The van der Waals surface area contributed by atoms with Gasteiger partial charge in [0.1, 0.15) is 20.1 Å². The van der Waals surface area contributed by atoms with E-state index in [1.807, 2.05) is 7.05 Å². The van der Waals surface area contributed by atoms with Crippen LogP contribution in [0, 0.1) is 0 Å². The standard InChI is InChI=1S/C7H14NO2.BrH/c1-7(9)10-8(2)5-3-4-6-8;/h3-6H2,1-2H3;1H/q+1;/p-1. The molecule has 0 aromatic carbocycles. The van der Waals surface area contributed by atoms with Gasteiger partial charge in [0, 0.05) is 19.8 Å². The molecule has 66 valence electrons. The minimum atomic E-state index is -0.176. The van der Waals surface area contributed by atoms with Crippen LogP contribution in [-0.4, -0.2) is 30.8 Å². The molecule has 0 atom stereocenters. The van der Waals surface area contributed by atoms with E-state index in [0.29, 0.717) is 4.65 Å². The molecule has 0 aromatic rings. The van der Waals surface area contributed by atoms with Gasteiger partial charge in [0.15, 0.2) is 0 Å². The molecular formula is C7H14BrNO2. The van der Waals surface area contributed by atoms with Crippen molar-refractivity contribution < 1.29 is 31.3 Å². The molecule has 0 N–H and O–H groups in total. The molecule has 0 unspecified atom stereocenters. The second-order valence-electron chi connectivity index (χ2n) is 3.03. The van der Waals surface area contributed by atoms with Crippen molar-refractivity contribution in [3.63, 3.8) is 0 Å². The Morgan fingerprint density at radius 3 is 2.18 bits per heavy atom. The van der Waals surface area contributed by atoms with Crippen LogP contribution in [0.2, 0.25) is 0 Å². The molecule has 1 saturated heterocycles. The van der Waals surface area contributed by atoms with Crippen molar-refractivity contribution >= 4 is 5.97 Å². The predicted molar refractivity (Wildman–Crippen MR) is 36.9 cm³/mol. The number of carbonyl (C=O) groups is 1. The second-order valence-corrected chi connectivity index (χ2v) is 3.03. The van der Waals surface area contributed by atoms with E-state index in [2.05, 4.69) is 0 Å². The van der Waals surface area contributed by atoms with Crippen LogP contribution in [0.1, 0.15) is 19.8 Å². The van der Waals surface area contributed by atoms with Gasteiger partial charge in [0.2, 0.25) is 0 Å². The summed E-state index contributed by atoms with van der Waals surface area (Å²) in [5.41, 5.74) is 0. The highest BCUT2D eigenvalue weighted by molar-refractivity contribution is 5.65. The van der Waals surface area contributed by atoms with E-state index >= 15 is 0 Å². The average molecular weight is 224 g/mol. The van der Waals surface area contributed by atoms with Crippen molar-refractivity contribution in [1.82, 2.24) is 0 Å². The van der Waals surface area contributed by atoms with Crippen LogP contribution in [0.5, 0.6) is 0 Å². The van der Waals surface area contributed by atoms with Gasteiger partial charge in [0.05, 0.1) is 0 Å². The van der Waals surface area contributed by atoms with E-state index < -0.39 is 0 Å². The molecule has 1 heterocycles. The average Bonchev–Trinajstić information content (AvgIpc) is 2.12. The highest BCUT2D eigenvalue weighted by atomic mass is 79.9. The molecule has 11 heavy (non-hydrogen) atoms. The zero-order valence-electron chi connectivity index (χ0n) is 6.97. The fraction of sp³-hybridized carbons (Fsp3) is 0.857. The summed E-state index contributed by atoms with van der Waals surface area (Å²) in [6.45, 7) is 3.40. The van der Waals surface area contributed by atoms with Crippen LogP contribution in [0.25, 0.3) is 0 Å². The Balaban J connectivity index is 0.000001000. The first-order valence-electron chi connectivity index (χ1n) is 3.67. The summed E-state index contributed by atoms with van der Waals surface area (Å²) in [6, 6.07) is 0. The van der Waals surface area contributed by atoms with Crippen LogP contribution in [0.3, 0.4) is 0 Å². The van der Waals surface area contributed by atoms with Gasteiger partial charge in [-0.1, -0.05) is 0 Å². The maximum absolute atomic E-state index is 10.6. The van der Waals surface area contributed by atoms with Crippen molar-refractivity contribution in [1.29, 1.82) is 0 Å². The molecule has 0 spiro atoms.